The number of aryl methyl sites for hydroxylation is 2. The molecular formula is C32H41N7O2. The summed E-state index contributed by atoms with van der Waals surface area (Å²) in [5, 5.41) is 10.0. The quantitative estimate of drug-likeness (QED) is 0.125. The molecule has 0 aliphatic rings. The minimum absolute atomic E-state index is 0.491. The monoisotopic (exact) mass is 555 g/mol. The summed E-state index contributed by atoms with van der Waals surface area (Å²) >= 11 is 0. The molecule has 0 aliphatic heterocycles. The van der Waals surface area contributed by atoms with Crippen LogP contribution in [0.25, 0.3) is 0 Å². The summed E-state index contributed by atoms with van der Waals surface area (Å²) in [6, 6.07) is 29.4. The van der Waals surface area contributed by atoms with E-state index in [0.717, 1.165) is 19.3 Å². The van der Waals surface area contributed by atoms with Gasteiger partial charge in [-0.3, -0.25) is 0 Å². The van der Waals surface area contributed by atoms with Gasteiger partial charge < -0.3 is 31.2 Å². The van der Waals surface area contributed by atoms with Gasteiger partial charge in [0.25, 0.3) is 0 Å². The average Bonchev–Trinajstić information content (AvgIpc) is 3.02. The van der Waals surface area contributed by atoms with Crippen LogP contribution in [0.4, 0.5) is 17.8 Å². The van der Waals surface area contributed by atoms with Crippen molar-refractivity contribution in [3.63, 3.8) is 0 Å². The molecule has 0 unspecified atom stereocenters. The van der Waals surface area contributed by atoms with Gasteiger partial charge in [0.15, 0.2) is 0 Å². The van der Waals surface area contributed by atoms with Gasteiger partial charge in [-0.25, -0.2) is 0 Å². The molecule has 0 saturated heterocycles. The van der Waals surface area contributed by atoms with Crippen molar-refractivity contribution in [2.24, 2.45) is 5.73 Å². The minimum Gasteiger partial charge on any atom is -0.378 e. The van der Waals surface area contributed by atoms with E-state index >= 15 is 0 Å². The van der Waals surface area contributed by atoms with Gasteiger partial charge >= 0.3 is 0 Å². The summed E-state index contributed by atoms with van der Waals surface area (Å²) in [5.74, 6) is 1.53. The molecule has 5 N–H and O–H groups in total. The Morgan fingerprint density at radius 3 is 1.71 bits per heavy atom. The number of nitrogens with two attached hydrogens (primary N) is 1. The lowest BCUT2D eigenvalue weighted by Crippen LogP contribution is -2.17. The van der Waals surface area contributed by atoms with Crippen LogP contribution in [0.2, 0.25) is 0 Å². The van der Waals surface area contributed by atoms with Gasteiger partial charge in [0.1, 0.15) is 0 Å². The molecular weight excluding hydrogens is 514 g/mol. The Bertz CT molecular complexity index is 1280. The van der Waals surface area contributed by atoms with Gasteiger partial charge in [-0.1, -0.05) is 84.9 Å². The molecule has 216 valence electrons. The molecule has 1 aromatic heterocycles. The van der Waals surface area contributed by atoms with Crippen molar-refractivity contribution in [3.8, 4) is 0 Å². The zero-order chi connectivity index (χ0) is 28.4. The van der Waals surface area contributed by atoms with Crippen molar-refractivity contribution in [1.29, 1.82) is 0 Å². The number of hydrogen-bond donors (Lipinski definition) is 4. The highest BCUT2D eigenvalue weighted by atomic mass is 16.5. The number of benzene rings is 3. The Kier molecular flexibility index (Phi) is 12.8. The van der Waals surface area contributed by atoms with Crippen LogP contribution in [0.1, 0.15) is 22.3 Å². The standard InChI is InChI=1S/C32H41N7O2/c33-18-21-40-23-24-41-22-20-35-31-37-30(34-19-17-27-11-5-2-6-12-27)38-32(39-31)36-25-29-14-8-7-13-28(29)16-15-26-9-3-1-4-10-26/h1-14H,15-25,33H2,(H3,34,35,36,37,38,39). The van der Waals surface area contributed by atoms with Crippen molar-refractivity contribution in [2.75, 3.05) is 62.0 Å². The van der Waals surface area contributed by atoms with Crippen LogP contribution in [0.15, 0.2) is 84.9 Å². The Morgan fingerprint density at radius 1 is 0.512 bits per heavy atom. The van der Waals surface area contributed by atoms with Crippen molar-refractivity contribution in [2.45, 2.75) is 25.8 Å². The van der Waals surface area contributed by atoms with E-state index in [1.54, 1.807) is 0 Å². The summed E-state index contributed by atoms with van der Waals surface area (Å²) in [5.41, 5.74) is 10.6. The Labute approximate surface area is 242 Å². The van der Waals surface area contributed by atoms with Crippen molar-refractivity contribution in [3.05, 3.63) is 107 Å². The Hall–Kier alpha value is -4.05. The molecule has 0 spiro atoms. The van der Waals surface area contributed by atoms with Crippen LogP contribution >= 0.6 is 0 Å². The van der Waals surface area contributed by atoms with Crippen LogP contribution in [0, 0.1) is 0 Å². The van der Waals surface area contributed by atoms with Gasteiger partial charge in [0.05, 0.1) is 26.4 Å². The third kappa shape index (κ3) is 11.2. The third-order valence-corrected chi connectivity index (χ3v) is 6.42. The third-order valence-electron chi connectivity index (χ3n) is 6.42. The smallest absolute Gasteiger partial charge is 0.229 e. The number of ether oxygens (including phenoxy) is 2. The zero-order valence-corrected chi connectivity index (χ0v) is 23.6. The summed E-state index contributed by atoms with van der Waals surface area (Å²) in [6.07, 6.45) is 2.83. The van der Waals surface area contributed by atoms with E-state index in [9.17, 15) is 0 Å². The number of anilines is 3. The first-order valence-electron chi connectivity index (χ1n) is 14.3. The number of aromatic nitrogens is 3. The Balaban J connectivity index is 1.35. The molecule has 0 fully saturated rings. The van der Waals surface area contributed by atoms with E-state index in [2.05, 4.69) is 97.6 Å². The largest absolute Gasteiger partial charge is 0.378 e. The molecule has 0 saturated carbocycles. The first-order valence-corrected chi connectivity index (χ1v) is 14.3. The SMILES string of the molecule is NCCOCCOCCNc1nc(NCCc2ccccc2)nc(NCc2ccccc2CCc2ccccc2)n1. The molecule has 4 rings (SSSR count). The summed E-state index contributed by atoms with van der Waals surface area (Å²) in [4.78, 5) is 13.8. The van der Waals surface area contributed by atoms with Crippen molar-refractivity contribution < 1.29 is 9.47 Å². The number of nitrogens with one attached hydrogen (secondary N) is 3. The fourth-order valence-electron chi connectivity index (χ4n) is 4.29. The summed E-state index contributed by atoms with van der Waals surface area (Å²) in [6.45, 7) is 4.49. The molecule has 9 nitrogen and oxygen atoms in total. The van der Waals surface area contributed by atoms with Gasteiger partial charge in [-0.15, -0.1) is 0 Å². The lowest BCUT2D eigenvalue weighted by atomic mass is 10.00. The maximum absolute atomic E-state index is 5.62. The second-order valence-corrected chi connectivity index (χ2v) is 9.52. The molecule has 0 atom stereocenters. The minimum atomic E-state index is 0.491. The second kappa shape index (κ2) is 17.6. The van der Waals surface area contributed by atoms with Crippen LogP contribution < -0.4 is 21.7 Å². The van der Waals surface area contributed by atoms with Crippen molar-refractivity contribution in [1.82, 2.24) is 15.0 Å². The van der Waals surface area contributed by atoms with E-state index in [1.165, 1.54) is 22.3 Å². The maximum atomic E-state index is 5.62. The van der Waals surface area contributed by atoms with Crippen molar-refractivity contribution >= 4 is 17.8 Å². The van der Waals surface area contributed by atoms with Crippen LogP contribution in [-0.2, 0) is 35.3 Å². The van der Waals surface area contributed by atoms with Crippen LogP contribution in [0.5, 0.6) is 0 Å². The van der Waals surface area contributed by atoms with Crippen LogP contribution in [-0.4, -0.2) is 61.0 Å². The maximum Gasteiger partial charge on any atom is 0.229 e. The average molecular weight is 556 g/mol. The molecule has 0 radical (unpaired) electrons. The first kappa shape index (κ1) is 29.9. The topological polar surface area (TPSA) is 119 Å². The highest BCUT2D eigenvalue weighted by Gasteiger charge is 2.09. The molecule has 0 aliphatic carbocycles. The predicted molar refractivity (Wildman–Crippen MR) is 165 cm³/mol. The predicted octanol–water partition coefficient (Wildman–Crippen LogP) is 4.33. The fourth-order valence-corrected chi connectivity index (χ4v) is 4.29. The molecule has 3 aromatic carbocycles. The molecule has 0 bridgehead atoms. The molecule has 4 aromatic rings. The van der Waals surface area contributed by atoms with Crippen LogP contribution in [0.3, 0.4) is 0 Å². The van der Waals surface area contributed by atoms with Gasteiger partial charge in [0.2, 0.25) is 17.8 Å². The fraction of sp³-hybridized carbons (Fsp3) is 0.344. The molecule has 9 heteroatoms. The van der Waals surface area contributed by atoms with E-state index in [0.29, 0.717) is 70.5 Å². The number of nitrogens with zero attached hydrogens (tertiary/aromatic N) is 3. The zero-order valence-electron chi connectivity index (χ0n) is 23.6. The summed E-state index contributed by atoms with van der Waals surface area (Å²) in [7, 11) is 0. The first-order chi connectivity index (χ1) is 20.3. The van der Waals surface area contributed by atoms with Gasteiger partial charge in [-0.2, -0.15) is 15.0 Å². The normalized spacial score (nSPS) is 10.9. The highest BCUT2D eigenvalue weighted by Crippen LogP contribution is 2.16. The lowest BCUT2D eigenvalue weighted by Gasteiger charge is -2.13. The number of hydrogen-bond acceptors (Lipinski definition) is 9. The Morgan fingerprint density at radius 2 is 1.05 bits per heavy atom. The highest BCUT2D eigenvalue weighted by molar-refractivity contribution is 5.43. The second-order valence-electron chi connectivity index (χ2n) is 9.52. The van der Waals surface area contributed by atoms with E-state index in [-0.39, 0.29) is 0 Å². The van der Waals surface area contributed by atoms with Gasteiger partial charge in [-0.05, 0) is 41.5 Å². The molecule has 1 heterocycles. The molecule has 0 amide bonds. The molecule has 41 heavy (non-hydrogen) atoms. The van der Waals surface area contributed by atoms with E-state index in [1.807, 2.05) is 18.2 Å². The van der Waals surface area contributed by atoms with E-state index < -0.39 is 0 Å². The number of rotatable bonds is 19. The summed E-state index contributed by atoms with van der Waals surface area (Å²) < 4.78 is 11.0. The van der Waals surface area contributed by atoms with E-state index in [4.69, 9.17) is 15.2 Å². The van der Waals surface area contributed by atoms with Gasteiger partial charge in [0, 0.05) is 26.2 Å². The lowest BCUT2D eigenvalue weighted by molar-refractivity contribution is 0.0547.